The van der Waals surface area contributed by atoms with Gasteiger partial charge in [0.25, 0.3) is 5.69 Å². The number of nitrogens with one attached hydrogen (secondary N) is 1. The van der Waals surface area contributed by atoms with E-state index in [1.54, 1.807) is 12.4 Å². The molecule has 1 aromatic heterocycles. The largest absolute Gasteiger partial charge is 0.378 e. The number of aromatic nitrogens is 2. The summed E-state index contributed by atoms with van der Waals surface area (Å²) in [5.74, 6) is -0.666. The molecule has 0 aliphatic rings. The second kappa shape index (κ2) is 5.17. The highest BCUT2D eigenvalue weighted by Gasteiger charge is 2.10. The number of nitrogens with zero attached hydrogens (tertiary/aromatic N) is 3. The number of hydrogen-bond acceptors (Lipinski definition) is 5. The molecule has 0 saturated heterocycles. The van der Waals surface area contributed by atoms with E-state index in [0.717, 1.165) is 11.6 Å². The van der Waals surface area contributed by atoms with Crippen molar-refractivity contribution in [3.05, 3.63) is 58.4 Å². The van der Waals surface area contributed by atoms with Crippen molar-refractivity contribution in [1.82, 2.24) is 9.97 Å². The third kappa shape index (κ3) is 2.76. The van der Waals surface area contributed by atoms with E-state index in [2.05, 4.69) is 15.3 Å². The van der Waals surface area contributed by atoms with E-state index in [-0.39, 0.29) is 11.4 Å². The molecule has 1 heterocycles. The summed E-state index contributed by atoms with van der Waals surface area (Å²) in [6, 6.07) is 3.45. The fraction of sp³-hybridized carbons (Fsp3) is 0.0909. The smallest absolute Gasteiger partial charge is 0.272 e. The Morgan fingerprint density at radius 3 is 2.67 bits per heavy atom. The predicted octanol–water partition coefficient (Wildman–Crippen LogP) is 2.14. The first-order valence-electron chi connectivity index (χ1n) is 5.08. The van der Waals surface area contributed by atoms with Crippen molar-refractivity contribution in [3.63, 3.8) is 0 Å². The highest BCUT2D eigenvalue weighted by atomic mass is 19.1. The minimum Gasteiger partial charge on any atom is -0.378 e. The van der Waals surface area contributed by atoms with Gasteiger partial charge in [-0.25, -0.2) is 14.4 Å². The van der Waals surface area contributed by atoms with E-state index in [0.29, 0.717) is 6.54 Å². The lowest BCUT2D eigenvalue weighted by Gasteiger charge is -2.06. The Labute approximate surface area is 102 Å². The van der Waals surface area contributed by atoms with Gasteiger partial charge in [-0.2, -0.15) is 0 Å². The highest BCUT2D eigenvalue weighted by Crippen LogP contribution is 2.20. The van der Waals surface area contributed by atoms with Crippen LogP contribution >= 0.6 is 0 Å². The Balaban J connectivity index is 2.08. The average Bonchev–Trinajstić information content (AvgIpc) is 2.38. The molecule has 1 N–H and O–H groups in total. The lowest BCUT2D eigenvalue weighted by Crippen LogP contribution is -2.02. The van der Waals surface area contributed by atoms with Crippen LogP contribution in [0.25, 0.3) is 0 Å². The molecule has 0 bridgehead atoms. The molecule has 0 fully saturated rings. The topological polar surface area (TPSA) is 81.0 Å². The number of anilines is 1. The maximum Gasteiger partial charge on any atom is 0.272 e. The van der Waals surface area contributed by atoms with Gasteiger partial charge in [0.05, 0.1) is 16.7 Å². The van der Waals surface area contributed by atoms with Gasteiger partial charge in [0.15, 0.2) is 5.82 Å². The van der Waals surface area contributed by atoms with Crippen molar-refractivity contribution in [2.24, 2.45) is 0 Å². The van der Waals surface area contributed by atoms with Crippen molar-refractivity contribution >= 4 is 11.4 Å². The maximum absolute atomic E-state index is 13.5. The second-order valence-corrected chi connectivity index (χ2v) is 3.52. The van der Waals surface area contributed by atoms with Crippen molar-refractivity contribution < 1.29 is 9.31 Å². The van der Waals surface area contributed by atoms with Crippen LogP contribution in [-0.2, 0) is 6.54 Å². The summed E-state index contributed by atoms with van der Waals surface area (Å²) < 4.78 is 13.5. The van der Waals surface area contributed by atoms with Crippen molar-refractivity contribution in [2.75, 3.05) is 5.32 Å². The molecule has 0 spiro atoms. The molecule has 0 radical (unpaired) electrons. The zero-order chi connectivity index (χ0) is 13.0. The Hall–Kier alpha value is -2.57. The van der Waals surface area contributed by atoms with E-state index < -0.39 is 10.7 Å². The van der Waals surface area contributed by atoms with Gasteiger partial charge in [-0.1, -0.05) is 0 Å². The molecule has 0 aliphatic heterocycles. The number of hydrogen-bond donors (Lipinski definition) is 1. The van der Waals surface area contributed by atoms with Crippen molar-refractivity contribution in [2.45, 2.75) is 6.54 Å². The molecule has 18 heavy (non-hydrogen) atoms. The number of nitro benzene ring substituents is 1. The van der Waals surface area contributed by atoms with E-state index >= 15 is 0 Å². The standard InChI is InChI=1S/C11H9FN4O2/c12-10-3-9(16(17)18)1-2-11(10)15-6-8-4-13-7-14-5-8/h1-5,7,15H,6H2. The van der Waals surface area contributed by atoms with Crippen LogP contribution in [0.5, 0.6) is 0 Å². The van der Waals surface area contributed by atoms with Crippen LogP contribution in [0.4, 0.5) is 15.8 Å². The molecular weight excluding hydrogens is 239 g/mol. The lowest BCUT2D eigenvalue weighted by molar-refractivity contribution is -0.385. The number of rotatable bonds is 4. The quantitative estimate of drug-likeness (QED) is 0.662. The first kappa shape index (κ1) is 11.9. The van der Waals surface area contributed by atoms with E-state index in [4.69, 9.17) is 0 Å². The number of nitro groups is 1. The van der Waals surface area contributed by atoms with Gasteiger partial charge in [-0.3, -0.25) is 10.1 Å². The van der Waals surface area contributed by atoms with E-state index in [9.17, 15) is 14.5 Å². The summed E-state index contributed by atoms with van der Waals surface area (Å²) >= 11 is 0. The fourth-order valence-corrected chi connectivity index (χ4v) is 1.38. The molecule has 7 heteroatoms. The summed E-state index contributed by atoms with van der Waals surface area (Å²) in [6.07, 6.45) is 4.60. The summed E-state index contributed by atoms with van der Waals surface area (Å²) in [6.45, 7) is 0.343. The minimum atomic E-state index is -0.666. The predicted molar refractivity (Wildman–Crippen MR) is 62.4 cm³/mol. The second-order valence-electron chi connectivity index (χ2n) is 3.52. The van der Waals surface area contributed by atoms with E-state index in [1.807, 2.05) is 0 Å². The van der Waals surface area contributed by atoms with Gasteiger partial charge in [0.2, 0.25) is 0 Å². The maximum atomic E-state index is 13.5. The Morgan fingerprint density at radius 2 is 2.06 bits per heavy atom. The van der Waals surface area contributed by atoms with Crippen molar-refractivity contribution in [1.29, 1.82) is 0 Å². The first-order valence-corrected chi connectivity index (χ1v) is 5.08. The van der Waals surface area contributed by atoms with Gasteiger partial charge < -0.3 is 5.32 Å². The minimum absolute atomic E-state index is 0.199. The zero-order valence-electron chi connectivity index (χ0n) is 9.21. The molecule has 6 nitrogen and oxygen atoms in total. The summed E-state index contributed by atoms with van der Waals surface area (Å²) in [5, 5.41) is 13.3. The van der Waals surface area contributed by atoms with Crippen LogP contribution in [0.1, 0.15) is 5.56 Å². The van der Waals surface area contributed by atoms with Gasteiger partial charge in [-0.15, -0.1) is 0 Å². The summed E-state index contributed by atoms with van der Waals surface area (Å²) in [7, 11) is 0. The molecular formula is C11H9FN4O2. The van der Waals surface area contributed by atoms with Crippen LogP contribution in [0.2, 0.25) is 0 Å². The molecule has 0 aliphatic carbocycles. The molecule has 0 atom stereocenters. The zero-order valence-corrected chi connectivity index (χ0v) is 9.21. The highest BCUT2D eigenvalue weighted by molar-refractivity contribution is 5.50. The normalized spacial score (nSPS) is 10.1. The SMILES string of the molecule is O=[N+]([O-])c1ccc(NCc2cncnc2)c(F)c1. The summed E-state index contributed by atoms with van der Waals surface area (Å²) in [5.41, 5.74) is 0.709. The molecule has 2 rings (SSSR count). The summed E-state index contributed by atoms with van der Waals surface area (Å²) in [4.78, 5) is 17.4. The first-order chi connectivity index (χ1) is 8.66. The molecule has 0 unspecified atom stereocenters. The molecule has 2 aromatic rings. The lowest BCUT2D eigenvalue weighted by atomic mass is 10.2. The Bertz CT molecular complexity index is 562. The van der Waals surface area contributed by atoms with Crippen LogP contribution in [0, 0.1) is 15.9 Å². The third-order valence-electron chi connectivity index (χ3n) is 2.26. The fourth-order valence-electron chi connectivity index (χ4n) is 1.38. The number of non-ortho nitro benzene ring substituents is 1. The number of benzene rings is 1. The molecule has 1 aromatic carbocycles. The van der Waals surface area contributed by atoms with E-state index in [1.165, 1.54) is 18.5 Å². The van der Waals surface area contributed by atoms with Gasteiger partial charge in [-0.05, 0) is 6.07 Å². The van der Waals surface area contributed by atoms with Crippen LogP contribution in [-0.4, -0.2) is 14.9 Å². The Morgan fingerprint density at radius 1 is 1.33 bits per heavy atom. The van der Waals surface area contributed by atoms with Gasteiger partial charge in [0, 0.05) is 30.6 Å². The van der Waals surface area contributed by atoms with Crippen LogP contribution in [0.15, 0.2) is 36.9 Å². The molecule has 0 amide bonds. The van der Waals surface area contributed by atoms with Crippen LogP contribution in [0.3, 0.4) is 0 Å². The van der Waals surface area contributed by atoms with Gasteiger partial charge in [0.1, 0.15) is 6.33 Å². The third-order valence-corrected chi connectivity index (χ3v) is 2.26. The van der Waals surface area contributed by atoms with Gasteiger partial charge >= 0.3 is 0 Å². The average molecular weight is 248 g/mol. The monoisotopic (exact) mass is 248 g/mol. The number of halogens is 1. The Kier molecular flexibility index (Phi) is 3.42. The molecule has 0 saturated carbocycles. The van der Waals surface area contributed by atoms with Crippen molar-refractivity contribution in [3.8, 4) is 0 Å². The molecule has 92 valence electrons. The van der Waals surface area contributed by atoms with Crippen LogP contribution < -0.4 is 5.32 Å².